The Morgan fingerprint density at radius 1 is 1.14 bits per heavy atom. The zero-order chi connectivity index (χ0) is 15.1. The van der Waals surface area contributed by atoms with Gasteiger partial charge >= 0.3 is 0 Å². The largest absolute Gasteiger partial charge is 0.494 e. The Labute approximate surface area is 129 Å². The number of anilines is 1. The number of carbonyl (C=O) groups is 1. The predicted molar refractivity (Wildman–Crippen MR) is 86.5 cm³/mol. The third kappa shape index (κ3) is 4.65. The molecule has 2 aromatic rings. The van der Waals surface area contributed by atoms with Crippen LogP contribution in [0.1, 0.15) is 12.5 Å². The molecule has 0 radical (unpaired) electrons. The SMILES string of the molecule is CCOc1ccc(NC(=O)C(Cl)=Cc2ccccc2)cc1. The first-order valence-electron chi connectivity index (χ1n) is 6.65. The van der Waals surface area contributed by atoms with E-state index in [-0.39, 0.29) is 10.9 Å². The Bertz CT molecular complexity index is 621. The molecule has 108 valence electrons. The van der Waals surface area contributed by atoms with Gasteiger partial charge in [0.2, 0.25) is 0 Å². The van der Waals surface area contributed by atoms with E-state index in [0.29, 0.717) is 12.3 Å². The van der Waals surface area contributed by atoms with Crippen LogP contribution in [0, 0.1) is 0 Å². The molecule has 3 nitrogen and oxygen atoms in total. The molecule has 2 aromatic carbocycles. The van der Waals surface area contributed by atoms with Gasteiger partial charge in [0.05, 0.1) is 6.61 Å². The van der Waals surface area contributed by atoms with E-state index in [1.807, 2.05) is 37.3 Å². The van der Waals surface area contributed by atoms with Crippen LogP contribution in [0.5, 0.6) is 5.75 Å². The topological polar surface area (TPSA) is 38.3 Å². The number of amides is 1. The zero-order valence-electron chi connectivity index (χ0n) is 11.7. The summed E-state index contributed by atoms with van der Waals surface area (Å²) >= 11 is 6.02. The number of hydrogen-bond donors (Lipinski definition) is 1. The lowest BCUT2D eigenvalue weighted by Gasteiger charge is -2.06. The number of halogens is 1. The lowest BCUT2D eigenvalue weighted by molar-refractivity contribution is -0.112. The number of benzene rings is 2. The average molecular weight is 302 g/mol. The first-order chi connectivity index (χ1) is 10.2. The summed E-state index contributed by atoms with van der Waals surface area (Å²) in [5.74, 6) is 0.422. The fraction of sp³-hybridized carbons (Fsp3) is 0.118. The molecule has 4 heteroatoms. The molecule has 0 bridgehead atoms. The van der Waals surface area contributed by atoms with Crippen molar-refractivity contribution in [3.8, 4) is 5.75 Å². The second kappa shape index (κ2) is 7.50. The van der Waals surface area contributed by atoms with Crippen molar-refractivity contribution in [1.82, 2.24) is 0 Å². The lowest BCUT2D eigenvalue weighted by atomic mass is 10.2. The smallest absolute Gasteiger partial charge is 0.267 e. The second-order valence-electron chi connectivity index (χ2n) is 4.31. The first-order valence-corrected chi connectivity index (χ1v) is 7.03. The van der Waals surface area contributed by atoms with Crippen LogP contribution in [0.25, 0.3) is 6.08 Å². The Hall–Kier alpha value is -2.26. The van der Waals surface area contributed by atoms with E-state index in [9.17, 15) is 4.79 Å². The first kappa shape index (κ1) is 15.1. The number of nitrogens with one attached hydrogen (secondary N) is 1. The van der Waals surface area contributed by atoms with Crippen LogP contribution < -0.4 is 10.1 Å². The van der Waals surface area contributed by atoms with Gasteiger partial charge in [-0.25, -0.2) is 0 Å². The van der Waals surface area contributed by atoms with Gasteiger partial charge in [0.25, 0.3) is 5.91 Å². The molecule has 0 saturated heterocycles. The van der Waals surface area contributed by atoms with Gasteiger partial charge in [-0.3, -0.25) is 4.79 Å². The number of ether oxygens (including phenoxy) is 1. The van der Waals surface area contributed by atoms with Crippen LogP contribution in [0.4, 0.5) is 5.69 Å². The van der Waals surface area contributed by atoms with Crippen molar-refractivity contribution < 1.29 is 9.53 Å². The number of rotatable bonds is 5. The average Bonchev–Trinajstić information content (AvgIpc) is 2.50. The van der Waals surface area contributed by atoms with Gasteiger partial charge in [0, 0.05) is 5.69 Å². The van der Waals surface area contributed by atoms with Crippen LogP contribution >= 0.6 is 11.6 Å². The predicted octanol–water partition coefficient (Wildman–Crippen LogP) is 4.30. The van der Waals surface area contributed by atoms with Crippen molar-refractivity contribution in [3.05, 3.63) is 65.2 Å². The minimum Gasteiger partial charge on any atom is -0.494 e. The van der Waals surface area contributed by atoms with Crippen molar-refractivity contribution >= 4 is 29.3 Å². The van der Waals surface area contributed by atoms with Gasteiger partial charge in [0.15, 0.2) is 0 Å². The molecule has 0 fully saturated rings. The maximum absolute atomic E-state index is 12.0. The van der Waals surface area contributed by atoms with Gasteiger partial charge in [-0.15, -0.1) is 0 Å². The Kier molecular flexibility index (Phi) is 5.41. The summed E-state index contributed by atoms with van der Waals surface area (Å²) in [7, 11) is 0. The van der Waals surface area contributed by atoms with E-state index < -0.39 is 0 Å². The van der Waals surface area contributed by atoms with Gasteiger partial charge in [-0.2, -0.15) is 0 Å². The molecule has 0 heterocycles. The van der Waals surface area contributed by atoms with Gasteiger partial charge in [0.1, 0.15) is 10.8 Å². The van der Waals surface area contributed by atoms with E-state index in [4.69, 9.17) is 16.3 Å². The maximum Gasteiger partial charge on any atom is 0.267 e. The Balaban J connectivity index is 2.02. The van der Waals surface area contributed by atoms with Crippen molar-refractivity contribution in [2.45, 2.75) is 6.92 Å². The summed E-state index contributed by atoms with van der Waals surface area (Å²) < 4.78 is 5.34. The van der Waals surface area contributed by atoms with E-state index in [1.54, 1.807) is 30.3 Å². The van der Waals surface area contributed by atoms with Crippen molar-refractivity contribution in [2.24, 2.45) is 0 Å². The summed E-state index contributed by atoms with van der Waals surface area (Å²) in [5.41, 5.74) is 1.55. The molecule has 0 aromatic heterocycles. The van der Waals surface area contributed by atoms with E-state index >= 15 is 0 Å². The van der Waals surface area contributed by atoms with E-state index in [1.165, 1.54) is 0 Å². The van der Waals surface area contributed by atoms with Crippen LogP contribution in [-0.2, 0) is 4.79 Å². The highest BCUT2D eigenvalue weighted by Crippen LogP contribution is 2.17. The van der Waals surface area contributed by atoms with Crippen LogP contribution in [0.2, 0.25) is 0 Å². The lowest BCUT2D eigenvalue weighted by Crippen LogP contribution is -2.11. The van der Waals surface area contributed by atoms with Gasteiger partial charge < -0.3 is 10.1 Å². The molecule has 1 amide bonds. The van der Waals surface area contributed by atoms with E-state index in [2.05, 4.69) is 5.32 Å². The quantitative estimate of drug-likeness (QED) is 0.836. The minimum atomic E-state index is -0.343. The molecule has 0 atom stereocenters. The summed E-state index contributed by atoms with van der Waals surface area (Å²) in [5, 5.41) is 2.87. The third-order valence-corrected chi connectivity index (χ3v) is 3.01. The molecule has 0 aliphatic carbocycles. The fourth-order valence-electron chi connectivity index (χ4n) is 1.75. The van der Waals surface area contributed by atoms with Crippen molar-refractivity contribution in [2.75, 3.05) is 11.9 Å². The van der Waals surface area contributed by atoms with Gasteiger partial charge in [-0.1, -0.05) is 41.9 Å². The summed E-state index contributed by atoms with van der Waals surface area (Å²) in [4.78, 5) is 12.0. The summed E-state index contributed by atoms with van der Waals surface area (Å²) in [6, 6.07) is 16.6. The molecule has 0 spiro atoms. The molecule has 2 rings (SSSR count). The van der Waals surface area contributed by atoms with Crippen LogP contribution in [0.3, 0.4) is 0 Å². The number of hydrogen-bond acceptors (Lipinski definition) is 2. The molecule has 0 saturated carbocycles. The minimum absolute atomic E-state index is 0.134. The van der Waals surface area contributed by atoms with Crippen LogP contribution in [0.15, 0.2) is 59.6 Å². The molecule has 0 aliphatic heterocycles. The fourth-order valence-corrected chi connectivity index (χ4v) is 1.93. The molecule has 1 N–H and O–H groups in total. The summed E-state index contributed by atoms with van der Waals surface area (Å²) in [6.45, 7) is 2.53. The monoisotopic (exact) mass is 301 g/mol. The standard InChI is InChI=1S/C17H16ClNO2/c1-2-21-15-10-8-14(9-11-15)19-17(20)16(18)12-13-6-4-3-5-7-13/h3-12H,2H2,1H3,(H,19,20). The molecule has 0 aliphatic rings. The molecule has 21 heavy (non-hydrogen) atoms. The highest BCUT2D eigenvalue weighted by atomic mass is 35.5. The highest BCUT2D eigenvalue weighted by Gasteiger charge is 2.07. The van der Waals surface area contributed by atoms with E-state index in [0.717, 1.165) is 11.3 Å². The zero-order valence-corrected chi connectivity index (χ0v) is 12.4. The van der Waals surface area contributed by atoms with Crippen molar-refractivity contribution in [3.63, 3.8) is 0 Å². The van der Waals surface area contributed by atoms with Gasteiger partial charge in [-0.05, 0) is 42.8 Å². The molecular weight excluding hydrogens is 286 g/mol. The second-order valence-corrected chi connectivity index (χ2v) is 4.72. The molecular formula is C17H16ClNO2. The number of carbonyl (C=O) groups excluding carboxylic acids is 1. The van der Waals surface area contributed by atoms with Crippen molar-refractivity contribution in [1.29, 1.82) is 0 Å². The third-order valence-electron chi connectivity index (χ3n) is 2.73. The van der Waals surface area contributed by atoms with Crippen LogP contribution in [-0.4, -0.2) is 12.5 Å². The normalized spacial score (nSPS) is 11.0. The molecule has 0 unspecified atom stereocenters. The Morgan fingerprint density at radius 2 is 1.81 bits per heavy atom. The highest BCUT2D eigenvalue weighted by molar-refractivity contribution is 6.45. The maximum atomic E-state index is 12.0. The Morgan fingerprint density at radius 3 is 2.43 bits per heavy atom. The summed E-state index contributed by atoms with van der Waals surface area (Å²) in [6.07, 6.45) is 1.63.